The van der Waals surface area contributed by atoms with Gasteiger partial charge in [-0.15, -0.1) is 0 Å². The van der Waals surface area contributed by atoms with Crippen LogP contribution in [0.4, 0.5) is 5.69 Å². The summed E-state index contributed by atoms with van der Waals surface area (Å²) in [5, 5.41) is 5.40. The quantitative estimate of drug-likeness (QED) is 0.315. The predicted octanol–water partition coefficient (Wildman–Crippen LogP) is 7.13. The van der Waals surface area contributed by atoms with Gasteiger partial charge in [0, 0.05) is 27.5 Å². The van der Waals surface area contributed by atoms with Gasteiger partial charge < -0.3 is 14.6 Å². The lowest BCUT2D eigenvalue weighted by molar-refractivity contribution is 0.439. The van der Waals surface area contributed by atoms with Gasteiger partial charge in [-0.3, -0.25) is 4.98 Å². The number of hydrogen-bond acceptors (Lipinski definition) is 3. The summed E-state index contributed by atoms with van der Waals surface area (Å²) in [6.07, 6.45) is 1.78. The Kier molecular flexibility index (Phi) is 5.64. The van der Waals surface area contributed by atoms with Crippen LogP contribution in [0.3, 0.4) is 0 Å². The van der Waals surface area contributed by atoms with E-state index in [1.807, 2.05) is 79.7 Å². The summed E-state index contributed by atoms with van der Waals surface area (Å²) in [4.78, 5) is 6.62. The number of hydrogen-bond donors (Lipinski definition) is 1. The minimum Gasteiger partial charge on any atom is -0.459 e. The van der Waals surface area contributed by atoms with Crippen molar-refractivity contribution in [3.63, 3.8) is 0 Å². The third-order valence-corrected chi connectivity index (χ3v) is 6.55. The maximum atomic E-state index is 6.37. The number of aromatic nitrogens is 1. The van der Waals surface area contributed by atoms with Crippen molar-refractivity contribution >= 4 is 46.2 Å². The highest BCUT2D eigenvalue weighted by molar-refractivity contribution is 7.80. The van der Waals surface area contributed by atoms with Crippen molar-refractivity contribution in [1.82, 2.24) is 10.3 Å². The van der Waals surface area contributed by atoms with Gasteiger partial charge in [0.25, 0.3) is 0 Å². The zero-order valence-corrected chi connectivity index (χ0v) is 19.5. The molecule has 1 saturated heterocycles. The molecule has 0 saturated carbocycles. The fourth-order valence-corrected chi connectivity index (χ4v) is 4.59. The van der Waals surface area contributed by atoms with E-state index in [0.717, 1.165) is 34.0 Å². The zero-order chi connectivity index (χ0) is 22.2. The van der Waals surface area contributed by atoms with Crippen LogP contribution in [0.15, 0.2) is 83.4 Å². The maximum Gasteiger partial charge on any atom is 0.174 e. The Morgan fingerprint density at radius 2 is 1.81 bits per heavy atom. The smallest absolute Gasteiger partial charge is 0.174 e. The van der Waals surface area contributed by atoms with Gasteiger partial charge in [-0.1, -0.05) is 41.4 Å². The van der Waals surface area contributed by atoms with Crippen LogP contribution in [-0.4, -0.2) is 10.1 Å². The Morgan fingerprint density at radius 1 is 1.00 bits per heavy atom. The molecule has 0 radical (unpaired) electrons. The molecule has 160 valence electrons. The molecule has 0 amide bonds. The molecule has 0 aliphatic carbocycles. The summed E-state index contributed by atoms with van der Waals surface area (Å²) in [6, 6.07) is 22.9. The summed E-state index contributed by atoms with van der Waals surface area (Å²) >= 11 is 18.2. The molecule has 1 aliphatic heterocycles. The van der Waals surface area contributed by atoms with E-state index in [2.05, 4.69) is 15.2 Å². The molecule has 0 spiro atoms. The Bertz CT molecular complexity index is 1270. The van der Waals surface area contributed by atoms with Crippen molar-refractivity contribution in [1.29, 1.82) is 0 Å². The second-order valence-corrected chi connectivity index (χ2v) is 8.87. The normalized spacial score (nSPS) is 18.1. The molecule has 3 heterocycles. The monoisotopic (exact) mass is 479 g/mol. The second-order valence-electron chi connectivity index (χ2n) is 7.64. The maximum absolute atomic E-state index is 6.37. The lowest BCUT2D eigenvalue weighted by Gasteiger charge is -2.26. The molecular weight excluding hydrogens is 461 g/mol. The summed E-state index contributed by atoms with van der Waals surface area (Å²) < 4.78 is 6.37. The predicted molar refractivity (Wildman–Crippen MR) is 133 cm³/mol. The first-order valence-corrected chi connectivity index (χ1v) is 11.3. The first-order chi connectivity index (χ1) is 15.5. The molecule has 0 bridgehead atoms. The second kappa shape index (κ2) is 8.58. The van der Waals surface area contributed by atoms with Crippen molar-refractivity contribution in [3.8, 4) is 11.3 Å². The fourth-order valence-electron chi connectivity index (χ4n) is 3.94. The van der Waals surface area contributed by atoms with Gasteiger partial charge >= 0.3 is 0 Å². The molecule has 1 N–H and O–H groups in total. The zero-order valence-electron chi connectivity index (χ0n) is 17.1. The molecule has 1 fully saturated rings. The van der Waals surface area contributed by atoms with Crippen LogP contribution in [0.5, 0.6) is 0 Å². The summed E-state index contributed by atoms with van der Waals surface area (Å²) in [5.74, 6) is 1.52. The summed E-state index contributed by atoms with van der Waals surface area (Å²) in [7, 11) is 0. The Balaban J connectivity index is 1.59. The van der Waals surface area contributed by atoms with Gasteiger partial charge in [0.15, 0.2) is 5.11 Å². The number of nitrogens with one attached hydrogen (secondary N) is 1. The lowest BCUT2D eigenvalue weighted by atomic mass is 10.0. The van der Waals surface area contributed by atoms with Crippen LogP contribution in [0.2, 0.25) is 10.0 Å². The molecule has 4 nitrogen and oxygen atoms in total. The minimum atomic E-state index is -0.228. The number of nitrogens with zero attached hydrogens (tertiary/aromatic N) is 2. The van der Waals surface area contributed by atoms with E-state index in [0.29, 0.717) is 15.2 Å². The number of thiocarbonyl (C=S) groups is 1. The average Bonchev–Trinajstić information content (AvgIpc) is 3.41. The van der Waals surface area contributed by atoms with Crippen LogP contribution in [0.25, 0.3) is 11.3 Å². The van der Waals surface area contributed by atoms with Crippen LogP contribution in [-0.2, 0) is 0 Å². The minimum absolute atomic E-state index is 0.181. The van der Waals surface area contributed by atoms with Crippen molar-refractivity contribution in [3.05, 3.63) is 106 Å². The molecule has 32 heavy (non-hydrogen) atoms. The number of halogens is 2. The third kappa shape index (κ3) is 3.88. The first-order valence-electron chi connectivity index (χ1n) is 10.1. The van der Waals surface area contributed by atoms with Crippen molar-refractivity contribution in [2.45, 2.75) is 19.0 Å². The number of furan rings is 1. The van der Waals surface area contributed by atoms with Crippen molar-refractivity contribution < 1.29 is 4.42 Å². The van der Waals surface area contributed by atoms with E-state index in [1.54, 1.807) is 6.20 Å². The molecule has 2 aromatic heterocycles. The highest BCUT2D eigenvalue weighted by atomic mass is 35.5. The van der Waals surface area contributed by atoms with E-state index < -0.39 is 0 Å². The molecule has 2 aromatic carbocycles. The molecule has 5 rings (SSSR count). The standard InChI is InChI=1S/C25H19Cl2N3OS/c1-15-5-6-16(14-19(15)27)21-11-12-22(31-21)24-23(20-4-2-3-13-28-20)29-25(32)30(24)18-9-7-17(26)8-10-18/h2-14,23-24H,1H3,(H,29,32)/t23-,24+/m0/s1. The largest absolute Gasteiger partial charge is 0.459 e. The number of pyridine rings is 1. The van der Waals surface area contributed by atoms with Gasteiger partial charge in [0.1, 0.15) is 17.6 Å². The molecular formula is C25H19Cl2N3OS. The van der Waals surface area contributed by atoms with Crippen molar-refractivity contribution in [2.75, 3.05) is 4.90 Å². The van der Waals surface area contributed by atoms with E-state index in [-0.39, 0.29) is 12.1 Å². The highest BCUT2D eigenvalue weighted by Gasteiger charge is 2.42. The van der Waals surface area contributed by atoms with E-state index in [9.17, 15) is 0 Å². The van der Waals surface area contributed by atoms with Crippen LogP contribution in [0.1, 0.15) is 29.1 Å². The Labute approximate surface area is 201 Å². The van der Waals surface area contributed by atoms with Gasteiger partial charge in [-0.05, 0) is 79.3 Å². The first kappa shape index (κ1) is 21.0. The molecule has 2 atom stereocenters. The molecule has 7 heteroatoms. The molecule has 4 aromatic rings. The summed E-state index contributed by atoms with van der Waals surface area (Å²) in [5.41, 5.74) is 3.75. The number of anilines is 1. The SMILES string of the molecule is Cc1ccc(-c2ccc([C@@H]3[C@H](c4ccccn4)NC(=S)N3c3ccc(Cl)cc3)o2)cc1Cl. The number of benzene rings is 2. The van der Waals surface area contributed by atoms with Crippen LogP contribution in [0, 0.1) is 6.92 Å². The van der Waals surface area contributed by atoms with E-state index in [1.165, 1.54) is 0 Å². The Morgan fingerprint density at radius 3 is 2.53 bits per heavy atom. The topological polar surface area (TPSA) is 41.3 Å². The van der Waals surface area contributed by atoms with E-state index in [4.69, 9.17) is 39.8 Å². The number of rotatable bonds is 4. The van der Waals surface area contributed by atoms with Crippen molar-refractivity contribution in [2.24, 2.45) is 0 Å². The molecule has 1 aliphatic rings. The van der Waals surface area contributed by atoms with E-state index >= 15 is 0 Å². The average molecular weight is 480 g/mol. The lowest BCUT2D eigenvalue weighted by Crippen LogP contribution is -2.29. The Hall–Kier alpha value is -2.86. The van der Waals surface area contributed by atoms with Gasteiger partial charge in [-0.25, -0.2) is 0 Å². The summed E-state index contributed by atoms with van der Waals surface area (Å²) in [6.45, 7) is 1.98. The van der Waals surface area contributed by atoms with Crippen LogP contribution < -0.4 is 10.2 Å². The third-order valence-electron chi connectivity index (χ3n) is 5.58. The number of aryl methyl sites for hydroxylation is 1. The van der Waals surface area contributed by atoms with Gasteiger partial charge in [0.2, 0.25) is 0 Å². The highest BCUT2D eigenvalue weighted by Crippen LogP contribution is 2.43. The van der Waals surface area contributed by atoms with Gasteiger partial charge in [0.05, 0.1) is 11.7 Å². The van der Waals surface area contributed by atoms with Gasteiger partial charge in [-0.2, -0.15) is 0 Å². The fraction of sp³-hybridized carbons (Fsp3) is 0.120. The van der Waals surface area contributed by atoms with Crippen LogP contribution >= 0.6 is 35.4 Å². The molecule has 0 unspecified atom stereocenters.